The highest BCUT2D eigenvalue weighted by Gasteiger charge is 2.36. The molecule has 1 rings (SSSR count). The molecule has 0 bridgehead atoms. The molecule has 1 N–H and O–H groups in total. The van der Waals surface area contributed by atoms with Gasteiger partial charge in [0, 0.05) is 5.33 Å². The van der Waals surface area contributed by atoms with Crippen molar-refractivity contribution < 1.29 is 14.6 Å². The zero-order valence-corrected chi connectivity index (χ0v) is 6.80. The van der Waals surface area contributed by atoms with Gasteiger partial charge in [-0.2, -0.15) is 0 Å². The standard InChI is InChI=1S/C6H7BrO3/c1-3-5(8)4(2-7)10-6(3)9/h4-5,8H,1-2H2. The number of hydrogen-bond donors (Lipinski definition) is 1. The van der Waals surface area contributed by atoms with Gasteiger partial charge in [-0.3, -0.25) is 0 Å². The topological polar surface area (TPSA) is 46.5 Å². The first-order valence-electron chi connectivity index (χ1n) is 2.80. The summed E-state index contributed by atoms with van der Waals surface area (Å²) in [5.74, 6) is -0.503. The Kier molecular flexibility index (Phi) is 2.11. The van der Waals surface area contributed by atoms with Crippen molar-refractivity contribution in [2.75, 3.05) is 5.33 Å². The van der Waals surface area contributed by atoms with Gasteiger partial charge >= 0.3 is 5.97 Å². The quantitative estimate of drug-likeness (QED) is 0.380. The molecule has 2 unspecified atom stereocenters. The summed E-state index contributed by atoms with van der Waals surface area (Å²) < 4.78 is 4.70. The molecule has 0 aromatic carbocycles. The summed E-state index contributed by atoms with van der Waals surface area (Å²) in [6, 6.07) is 0. The van der Waals surface area contributed by atoms with Crippen molar-refractivity contribution in [2.24, 2.45) is 0 Å². The summed E-state index contributed by atoms with van der Waals surface area (Å²) in [5.41, 5.74) is 0.143. The molecule has 1 fully saturated rings. The molecule has 0 spiro atoms. The normalized spacial score (nSPS) is 32.6. The minimum absolute atomic E-state index is 0.143. The van der Waals surface area contributed by atoms with Crippen molar-refractivity contribution in [3.63, 3.8) is 0 Å². The summed E-state index contributed by atoms with van der Waals surface area (Å²) >= 11 is 3.09. The van der Waals surface area contributed by atoms with Crippen LogP contribution in [0.5, 0.6) is 0 Å². The van der Waals surface area contributed by atoms with E-state index in [1.165, 1.54) is 0 Å². The molecule has 1 aliphatic rings. The fraction of sp³-hybridized carbons (Fsp3) is 0.500. The molecule has 4 heteroatoms. The van der Waals surface area contributed by atoms with Crippen molar-refractivity contribution in [1.29, 1.82) is 0 Å². The van der Waals surface area contributed by atoms with Crippen molar-refractivity contribution in [3.8, 4) is 0 Å². The molecule has 2 atom stereocenters. The van der Waals surface area contributed by atoms with E-state index in [2.05, 4.69) is 22.5 Å². The van der Waals surface area contributed by atoms with Crippen LogP contribution in [0.1, 0.15) is 0 Å². The predicted octanol–water partition coefficient (Wildman–Crippen LogP) is 0.224. The van der Waals surface area contributed by atoms with E-state index in [4.69, 9.17) is 9.84 Å². The maximum absolute atomic E-state index is 10.7. The average molecular weight is 207 g/mol. The van der Waals surface area contributed by atoms with Crippen LogP contribution in [0.4, 0.5) is 0 Å². The molecule has 56 valence electrons. The lowest BCUT2D eigenvalue weighted by Crippen LogP contribution is -2.22. The Morgan fingerprint density at radius 3 is 2.60 bits per heavy atom. The van der Waals surface area contributed by atoms with E-state index < -0.39 is 18.2 Å². The van der Waals surface area contributed by atoms with Gasteiger partial charge in [0.15, 0.2) is 0 Å². The number of ether oxygens (including phenoxy) is 1. The molecular formula is C6H7BrO3. The van der Waals surface area contributed by atoms with Crippen molar-refractivity contribution in [1.82, 2.24) is 0 Å². The Bertz CT molecular complexity index is 178. The van der Waals surface area contributed by atoms with Gasteiger partial charge in [-0.05, 0) is 0 Å². The second kappa shape index (κ2) is 2.72. The molecule has 0 aliphatic carbocycles. The number of carbonyl (C=O) groups excluding carboxylic acids is 1. The van der Waals surface area contributed by atoms with Crippen LogP contribution in [-0.4, -0.2) is 28.6 Å². The van der Waals surface area contributed by atoms with Crippen LogP contribution in [0.25, 0.3) is 0 Å². The fourth-order valence-corrected chi connectivity index (χ4v) is 1.22. The number of aliphatic hydroxyl groups is 1. The summed E-state index contributed by atoms with van der Waals surface area (Å²) in [6.45, 7) is 3.37. The smallest absolute Gasteiger partial charge is 0.336 e. The lowest BCUT2D eigenvalue weighted by molar-refractivity contribution is -0.138. The molecule has 0 radical (unpaired) electrons. The van der Waals surface area contributed by atoms with Crippen molar-refractivity contribution >= 4 is 21.9 Å². The van der Waals surface area contributed by atoms with Gasteiger partial charge in [0.05, 0.1) is 5.57 Å². The maximum atomic E-state index is 10.7. The number of hydrogen-bond acceptors (Lipinski definition) is 3. The first-order chi connectivity index (χ1) is 4.66. The van der Waals surface area contributed by atoms with E-state index in [1.54, 1.807) is 0 Å². The van der Waals surface area contributed by atoms with E-state index in [1.807, 2.05) is 0 Å². The Morgan fingerprint density at radius 1 is 1.80 bits per heavy atom. The van der Waals surface area contributed by atoms with Crippen molar-refractivity contribution in [2.45, 2.75) is 12.2 Å². The van der Waals surface area contributed by atoms with E-state index in [-0.39, 0.29) is 5.57 Å². The summed E-state index contributed by atoms with van der Waals surface area (Å²) in [7, 11) is 0. The zero-order valence-electron chi connectivity index (χ0n) is 5.21. The SMILES string of the molecule is C=C1C(=O)OC(CBr)C1O. The second-order valence-electron chi connectivity index (χ2n) is 2.07. The lowest BCUT2D eigenvalue weighted by Gasteiger charge is -2.06. The molecular weight excluding hydrogens is 200 g/mol. The maximum Gasteiger partial charge on any atom is 0.336 e. The highest BCUT2D eigenvalue weighted by Crippen LogP contribution is 2.20. The molecule has 3 nitrogen and oxygen atoms in total. The van der Waals surface area contributed by atoms with E-state index in [0.29, 0.717) is 5.33 Å². The zero-order chi connectivity index (χ0) is 7.72. The number of halogens is 1. The summed E-state index contributed by atoms with van der Waals surface area (Å²) in [6.07, 6.45) is -1.30. The van der Waals surface area contributed by atoms with Gasteiger partial charge in [0.25, 0.3) is 0 Å². The number of rotatable bonds is 1. The Balaban J connectivity index is 2.71. The lowest BCUT2D eigenvalue weighted by atomic mass is 10.1. The average Bonchev–Trinajstić information content (AvgIpc) is 2.17. The van der Waals surface area contributed by atoms with E-state index in [9.17, 15) is 4.79 Å². The van der Waals surface area contributed by atoms with Gasteiger partial charge in [0.1, 0.15) is 12.2 Å². The Morgan fingerprint density at radius 2 is 2.40 bits per heavy atom. The van der Waals surface area contributed by atoms with Gasteiger partial charge < -0.3 is 9.84 Å². The minimum atomic E-state index is -0.841. The number of esters is 1. The van der Waals surface area contributed by atoms with Crippen LogP contribution in [0.3, 0.4) is 0 Å². The van der Waals surface area contributed by atoms with Gasteiger partial charge in [-0.15, -0.1) is 0 Å². The fourth-order valence-electron chi connectivity index (χ4n) is 0.739. The molecule has 0 saturated carbocycles. The Labute approximate surface area is 66.8 Å². The highest BCUT2D eigenvalue weighted by molar-refractivity contribution is 9.09. The minimum Gasteiger partial charge on any atom is -0.455 e. The van der Waals surface area contributed by atoms with Gasteiger partial charge in [-0.1, -0.05) is 22.5 Å². The highest BCUT2D eigenvalue weighted by atomic mass is 79.9. The molecule has 1 saturated heterocycles. The third-order valence-corrected chi connectivity index (χ3v) is 2.02. The largest absolute Gasteiger partial charge is 0.455 e. The van der Waals surface area contributed by atoms with Crippen LogP contribution in [-0.2, 0) is 9.53 Å². The number of alkyl halides is 1. The van der Waals surface area contributed by atoms with Crippen LogP contribution < -0.4 is 0 Å². The third-order valence-electron chi connectivity index (χ3n) is 1.38. The number of cyclic esters (lactones) is 1. The first kappa shape index (κ1) is 7.75. The molecule has 10 heavy (non-hydrogen) atoms. The summed E-state index contributed by atoms with van der Waals surface area (Å²) in [4.78, 5) is 10.7. The van der Waals surface area contributed by atoms with Crippen LogP contribution in [0.2, 0.25) is 0 Å². The second-order valence-corrected chi connectivity index (χ2v) is 2.72. The molecule has 0 amide bonds. The molecule has 0 aromatic heterocycles. The van der Waals surface area contributed by atoms with Crippen LogP contribution in [0, 0.1) is 0 Å². The number of carbonyl (C=O) groups is 1. The molecule has 1 heterocycles. The van der Waals surface area contributed by atoms with Gasteiger partial charge in [0.2, 0.25) is 0 Å². The van der Waals surface area contributed by atoms with Gasteiger partial charge in [-0.25, -0.2) is 4.79 Å². The first-order valence-corrected chi connectivity index (χ1v) is 3.92. The Hall–Kier alpha value is -0.350. The summed E-state index contributed by atoms with van der Waals surface area (Å²) in [5, 5.41) is 9.60. The van der Waals surface area contributed by atoms with Crippen LogP contribution in [0.15, 0.2) is 12.2 Å². The number of aliphatic hydroxyl groups excluding tert-OH is 1. The van der Waals surface area contributed by atoms with Crippen molar-refractivity contribution in [3.05, 3.63) is 12.2 Å². The predicted molar refractivity (Wildman–Crippen MR) is 38.8 cm³/mol. The third kappa shape index (κ3) is 1.09. The van der Waals surface area contributed by atoms with Crippen LogP contribution >= 0.6 is 15.9 Å². The van der Waals surface area contributed by atoms with E-state index >= 15 is 0 Å². The van der Waals surface area contributed by atoms with E-state index in [0.717, 1.165) is 0 Å². The molecule has 1 aliphatic heterocycles. The molecule has 0 aromatic rings. The monoisotopic (exact) mass is 206 g/mol.